The average Bonchev–Trinajstić information content (AvgIpc) is 2.76. The van der Waals surface area contributed by atoms with Gasteiger partial charge in [-0.05, 0) is 20.4 Å². The molecule has 0 unspecified atom stereocenters. The molecule has 17 heavy (non-hydrogen) atoms. The Bertz CT molecular complexity index is 503. The molecule has 0 radical (unpaired) electrons. The summed E-state index contributed by atoms with van der Waals surface area (Å²) in [5.41, 5.74) is 2.33. The topological polar surface area (TPSA) is 40.8 Å². The van der Waals surface area contributed by atoms with E-state index < -0.39 is 0 Å². The number of thiazole rings is 1. The van der Waals surface area contributed by atoms with Crippen LogP contribution in [0.4, 0.5) is 0 Å². The smallest absolute Gasteiger partial charge is 0.194 e. The highest BCUT2D eigenvalue weighted by Gasteiger charge is 2.13. The second-order valence-electron chi connectivity index (χ2n) is 4.23. The van der Waals surface area contributed by atoms with Gasteiger partial charge < -0.3 is 5.11 Å². The highest BCUT2D eigenvalue weighted by atomic mass is 32.1. The first kappa shape index (κ1) is 12.5. The Morgan fingerprint density at radius 1 is 1.47 bits per heavy atom. The second kappa shape index (κ2) is 5.16. The van der Waals surface area contributed by atoms with Crippen LogP contribution in [0.15, 0.2) is 6.20 Å². The molecule has 5 heteroatoms. The number of aryl methyl sites for hydroxylation is 2. The zero-order valence-electron chi connectivity index (χ0n) is 10.6. The molecule has 0 aliphatic rings. The van der Waals surface area contributed by atoms with Crippen molar-refractivity contribution in [1.82, 2.24) is 14.3 Å². The van der Waals surface area contributed by atoms with Gasteiger partial charge in [-0.15, -0.1) is 11.3 Å². The summed E-state index contributed by atoms with van der Waals surface area (Å²) in [5, 5.41) is 9.02. The fourth-order valence-corrected chi connectivity index (χ4v) is 2.89. The first-order valence-electron chi connectivity index (χ1n) is 5.93. The quantitative estimate of drug-likeness (QED) is 0.884. The van der Waals surface area contributed by atoms with Gasteiger partial charge in [-0.2, -0.15) is 0 Å². The molecule has 2 rings (SSSR count). The highest BCUT2D eigenvalue weighted by Crippen LogP contribution is 2.21. The molecule has 0 aliphatic carbocycles. The number of hydrogen-bond donors (Lipinski definition) is 1. The van der Waals surface area contributed by atoms with Gasteiger partial charge in [0.1, 0.15) is 0 Å². The van der Waals surface area contributed by atoms with Gasteiger partial charge in [0.15, 0.2) is 4.96 Å². The Hall–Kier alpha value is -0.910. The van der Waals surface area contributed by atoms with Crippen molar-refractivity contribution >= 4 is 16.3 Å². The van der Waals surface area contributed by atoms with Gasteiger partial charge in [-0.1, -0.05) is 6.92 Å². The molecule has 2 aromatic heterocycles. The standard InChI is InChI=1S/C12H19N3OS/c1-4-14(5-6-16)8-11-10(3)13-12-15(11)7-9(2)17-12/h7,16H,4-6,8H2,1-3H3. The predicted molar refractivity (Wildman–Crippen MR) is 70.6 cm³/mol. The van der Waals surface area contributed by atoms with Crippen LogP contribution >= 0.6 is 11.3 Å². The lowest BCUT2D eigenvalue weighted by Crippen LogP contribution is -2.27. The molecule has 0 atom stereocenters. The van der Waals surface area contributed by atoms with Crippen molar-refractivity contribution in [2.45, 2.75) is 27.3 Å². The summed E-state index contributed by atoms with van der Waals surface area (Å²) in [6.07, 6.45) is 2.14. The van der Waals surface area contributed by atoms with E-state index >= 15 is 0 Å². The molecule has 2 aromatic rings. The van der Waals surface area contributed by atoms with Crippen LogP contribution in [0.1, 0.15) is 23.2 Å². The van der Waals surface area contributed by atoms with Crippen LogP contribution < -0.4 is 0 Å². The number of fused-ring (bicyclic) bond motifs is 1. The van der Waals surface area contributed by atoms with E-state index in [2.05, 4.69) is 41.3 Å². The monoisotopic (exact) mass is 253 g/mol. The fourth-order valence-electron chi connectivity index (χ4n) is 2.00. The van der Waals surface area contributed by atoms with Crippen LogP contribution in [0.3, 0.4) is 0 Å². The minimum Gasteiger partial charge on any atom is -0.395 e. The van der Waals surface area contributed by atoms with Gasteiger partial charge in [0.05, 0.1) is 18.0 Å². The SMILES string of the molecule is CCN(CCO)Cc1c(C)nc2sc(C)cn12. The fraction of sp³-hybridized carbons (Fsp3) is 0.583. The van der Waals surface area contributed by atoms with Crippen molar-refractivity contribution in [2.75, 3.05) is 19.7 Å². The summed E-state index contributed by atoms with van der Waals surface area (Å²) < 4.78 is 2.18. The van der Waals surface area contributed by atoms with E-state index in [1.165, 1.54) is 10.6 Å². The summed E-state index contributed by atoms with van der Waals surface area (Å²) >= 11 is 1.72. The highest BCUT2D eigenvalue weighted by molar-refractivity contribution is 7.17. The summed E-state index contributed by atoms with van der Waals surface area (Å²) in [6.45, 7) is 8.98. The van der Waals surface area contributed by atoms with Crippen LogP contribution in [-0.4, -0.2) is 39.1 Å². The predicted octanol–water partition coefficient (Wildman–Crippen LogP) is 1.83. The summed E-state index contributed by atoms with van der Waals surface area (Å²) in [5.74, 6) is 0. The van der Waals surface area contributed by atoms with Gasteiger partial charge in [0.2, 0.25) is 0 Å². The van der Waals surface area contributed by atoms with E-state index in [0.717, 1.165) is 23.7 Å². The van der Waals surface area contributed by atoms with E-state index in [1.807, 2.05) is 0 Å². The number of aliphatic hydroxyl groups is 1. The molecule has 0 fully saturated rings. The van der Waals surface area contributed by atoms with Crippen molar-refractivity contribution in [3.8, 4) is 0 Å². The molecule has 1 N–H and O–H groups in total. The van der Waals surface area contributed by atoms with Crippen molar-refractivity contribution in [3.05, 3.63) is 22.5 Å². The average molecular weight is 253 g/mol. The molecule has 4 nitrogen and oxygen atoms in total. The maximum absolute atomic E-state index is 9.02. The molecule has 0 aromatic carbocycles. The van der Waals surface area contributed by atoms with Crippen molar-refractivity contribution in [3.63, 3.8) is 0 Å². The van der Waals surface area contributed by atoms with E-state index in [-0.39, 0.29) is 6.61 Å². The molecule has 0 aliphatic heterocycles. The van der Waals surface area contributed by atoms with Gasteiger partial charge >= 0.3 is 0 Å². The van der Waals surface area contributed by atoms with Crippen molar-refractivity contribution < 1.29 is 5.11 Å². The largest absolute Gasteiger partial charge is 0.395 e. The third-order valence-electron chi connectivity index (χ3n) is 2.98. The van der Waals surface area contributed by atoms with Crippen LogP contribution in [0.25, 0.3) is 4.96 Å². The van der Waals surface area contributed by atoms with Crippen LogP contribution in [0.5, 0.6) is 0 Å². The molecule has 0 saturated carbocycles. The second-order valence-corrected chi connectivity index (χ2v) is 5.44. The van der Waals surface area contributed by atoms with Crippen LogP contribution in [0.2, 0.25) is 0 Å². The maximum Gasteiger partial charge on any atom is 0.194 e. The Morgan fingerprint density at radius 2 is 2.24 bits per heavy atom. The van der Waals surface area contributed by atoms with Gasteiger partial charge in [-0.25, -0.2) is 4.98 Å². The summed E-state index contributed by atoms with van der Waals surface area (Å²) in [7, 11) is 0. The van der Waals surface area contributed by atoms with Gasteiger partial charge in [0.25, 0.3) is 0 Å². The lowest BCUT2D eigenvalue weighted by molar-refractivity contribution is 0.195. The number of imidazole rings is 1. The first-order valence-corrected chi connectivity index (χ1v) is 6.74. The molecule has 0 saturated heterocycles. The zero-order chi connectivity index (χ0) is 12.4. The van der Waals surface area contributed by atoms with Crippen molar-refractivity contribution in [1.29, 1.82) is 0 Å². The number of hydrogen-bond acceptors (Lipinski definition) is 4. The lowest BCUT2D eigenvalue weighted by atomic mass is 10.3. The molecule has 0 spiro atoms. The number of aromatic nitrogens is 2. The van der Waals surface area contributed by atoms with Gasteiger partial charge in [0, 0.05) is 24.2 Å². The van der Waals surface area contributed by atoms with E-state index in [4.69, 9.17) is 5.11 Å². The Balaban J connectivity index is 2.29. The van der Waals surface area contributed by atoms with E-state index in [9.17, 15) is 0 Å². The number of likely N-dealkylation sites (N-methyl/N-ethyl adjacent to an activating group) is 1. The molecular weight excluding hydrogens is 234 g/mol. The zero-order valence-corrected chi connectivity index (χ0v) is 11.4. The summed E-state index contributed by atoms with van der Waals surface area (Å²) in [4.78, 5) is 9.14. The maximum atomic E-state index is 9.02. The third-order valence-corrected chi connectivity index (χ3v) is 3.88. The minimum atomic E-state index is 0.206. The van der Waals surface area contributed by atoms with Crippen LogP contribution in [-0.2, 0) is 6.54 Å². The number of aliphatic hydroxyl groups excluding tert-OH is 1. The minimum absolute atomic E-state index is 0.206. The Kier molecular flexibility index (Phi) is 3.81. The molecule has 0 amide bonds. The Labute approximate surface area is 106 Å². The summed E-state index contributed by atoms with van der Waals surface area (Å²) in [6, 6.07) is 0. The Morgan fingerprint density at radius 3 is 2.88 bits per heavy atom. The lowest BCUT2D eigenvalue weighted by Gasteiger charge is -2.18. The third kappa shape index (κ3) is 2.51. The normalized spacial score (nSPS) is 11.8. The van der Waals surface area contributed by atoms with Crippen LogP contribution in [0, 0.1) is 13.8 Å². The molecule has 94 valence electrons. The van der Waals surface area contributed by atoms with Crippen molar-refractivity contribution in [2.24, 2.45) is 0 Å². The molecular formula is C12H19N3OS. The number of nitrogens with zero attached hydrogens (tertiary/aromatic N) is 3. The number of rotatable bonds is 5. The van der Waals surface area contributed by atoms with Gasteiger partial charge in [-0.3, -0.25) is 9.30 Å². The first-order chi connectivity index (χ1) is 8.15. The molecule has 2 heterocycles. The van der Waals surface area contributed by atoms with E-state index in [1.54, 1.807) is 11.3 Å². The molecule has 0 bridgehead atoms. The van der Waals surface area contributed by atoms with E-state index in [0.29, 0.717) is 6.54 Å².